The van der Waals surface area contributed by atoms with Gasteiger partial charge in [0.25, 0.3) is 0 Å². The second-order valence-electron chi connectivity index (χ2n) is 1.75. The molecule has 0 saturated carbocycles. The molecule has 0 bridgehead atoms. The van der Waals surface area contributed by atoms with Crippen LogP contribution < -0.4 is 0 Å². The molecular formula is C4H13ClO8P2. The van der Waals surface area contributed by atoms with E-state index in [1.165, 1.54) is 0 Å². The fourth-order valence-electron chi connectivity index (χ4n) is 0.0891. The van der Waals surface area contributed by atoms with Crippen LogP contribution in [0.5, 0.6) is 0 Å². The second-order valence-corrected chi connectivity index (χ2v) is 4.11. The highest BCUT2D eigenvalue weighted by molar-refractivity contribution is 7.45. The van der Waals surface area contributed by atoms with E-state index in [0.29, 0.717) is 5.88 Å². The Morgan fingerprint density at radius 1 is 1.00 bits per heavy atom. The van der Waals surface area contributed by atoms with Gasteiger partial charge in [-0.1, -0.05) is 12.2 Å². The van der Waals surface area contributed by atoms with E-state index >= 15 is 0 Å². The van der Waals surface area contributed by atoms with Crippen LogP contribution in [0.3, 0.4) is 0 Å². The second kappa shape index (κ2) is 10.8. The smallest absolute Gasteiger partial charge is 0.303 e. The number of alkyl halides is 1. The zero-order valence-corrected chi connectivity index (χ0v) is 10.2. The molecule has 0 aromatic heterocycles. The van der Waals surface area contributed by atoms with Crippen molar-refractivity contribution < 1.29 is 38.5 Å². The first kappa shape index (κ1) is 20.6. The molecule has 0 aromatic rings. The number of phosphoric acid groups is 2. The minimum Gasteiger partial charge on any atom is -0.303 e. The number of hydrogen-bond donors (Lipinski definition) is 6. The van der Waals surface area contributed by atoms with Crippen LogP contribution in [0.15, 0.2) is 12.2 Å². The van der Waals surface area contributed by atoms with Gasteiger partial charge in [0, 0.05) is 5.88 Å². The molecular weight excluding hydrogens is 273 g/mol. The maximum atomic E-state index is 8.88. The molecule has 15 heavy (non-hydrogen) atoms. The molecule has 11 heteroatoms. The predicted molar refractivity (Wildman–Crippen MR) is 54.1 cm³/mol. The molecule has 0 aliphatic carbocycles. The first-order valence-corrected chi connectivity index (χ1v) is 6.82. The summed E-state index contributed by atoms with van der Waals surface area (Å²) in [6.45, 7) is 1.95. The first-order chi connectivity index (χ1) is 6.41. The Bertz CT molecular complexity index is 204. The number of halogens is 1. The molecule has 0 fully saturated rings. The Kier molecular flexibility index (Phi) is 14.8. The van der Waals surface area contributed by atoms with Crippen LogP contribution in [0.25, 0.3) is 0 Å². The molecule has 0 rings (SSSR count). The van der Waals surface area contributed by atoms with Crippen LogP contribution in [-0.4, -0.2) is 35.2 Å². The quantitative estimate of drug-likeness (QED) is 0.222. The third-order valence-electron chi connectivity index (χ3n) is 0.325. The Morgan fingerprint density at radius 2 is 1.20 bits per heavy atom. The minimum absolute atomic E-state index is 0.635. The van der Waals surface area contributed by atoms with Crippen molar-refractivity contribution in [3.05, 3.63) is 12.2 Å². The summed E-state index contributed by atoms with van der Waals surface area (Å²) in [5, 5.41) is 0. The summed E-state index contributed by atoms with van der Waals surface area (Å²) in [6.07, 6.45) is 3.81. The van der Waals surface area contributed by atoms with Gasteiger partial charge in [0.05, 0.1) is 0 Å². The largest absolute Gasteiger partial charge is 0.466 e. The molecule has 0 heterocycles. The van der Waals surface area contributed by atoms with Gasteiger partial charge in [0.1, 0.15) is 0 Å². The fourth-order valence-corrected chi connectivity index (χ4v) is 0.267. The van der Waals surface area contributed by atoms with Gasteiger partial charge >= 0.3 is 15.6 Å². The van der Waals surface area contributed by atoms with E-state index in [1.807, 2.05) is 19.1 Å². The minimum atomic E-state index is -4.64. The van der Waals surface area contributed by atoms with E-state index in [-0.39, 0.29) is 0 Å². The lowest BCUT2D eigenvalue weighted by atomic mass is 10.6. The van der Waals surface area contributed by atoms with Crippen molar-refractivity contribution in [1.82, 2.24) is 0 Å². The Labute approximate surface area is 91.3 Å². The van der Waals surface area contributed by atoms with Gasteiger partial charge in [-0.15, -0.1) is 11.6 Å². The van der Waals surface area contributed by atoms with Crippen molar-refractivity contribution in [2.75, 3.05) is 5.88 Å². The van der Waals surface area contributed by atoms with Gasteiger partial charge in [0.15, 0.2) is 0 Å². The van der Waals surface area contributed by atoms with E-state index in [1.54, 1.807) is 0 Å². The highest BCUT2D eigenvalue weighted by Gasteiger charge is 2.00. The van der Waals surface area contributed by atoms with Gasteiger partial charge < -0.3 is 29.4 Å². The van der Waals surface area contributed by atoms with Crippen LogP contribution in [0, 0.1) is 0 Å². The summed E-state index contributed by atoms with van der Waals surface area (Å²) in [5.41, 5.74) is 0. The van der Waals surface area contributed by atoms with Crippen molar-refractivity contribution in [3.63, 3.8) is 0 Å². The molecule has 6 N–H and O–H groups in total. The highest BCUT2D eigenvalue weighted by atomic mass is 35.5. The van der Waals surface area contributed by atoms with Crippen molar-refractivity contribution in [3.8, 4) is 0 Å². The lowest BCUT2D eigenvalue weighted by molar-refractivity contribution is 0.272. The van der Waals surface area contributed by atoms with E-state index in [0.717, 1.165) is 0 Å². The summed E-state index contributed by atoms with van der Waals surface area (Å²) in [7, 11) is -9.28. The molecule has 0 saturated heterocycles. The predicted octanol–water partition coefficient (Wildman–Crippen LogP) is -0.0559. The van der Waals surface area contributed by atoms with Gasteiger partial charge in [-0.3, -0.25) is 0 Å². The van der Waals surface area contributed by atoms with E-state index < -0.39 is 15.6 Å². The Balaban J connectivity index is -0.000000144. The molecule has 0 spiro atoms. The first-order valence-electron chi connectivity index (χ1n) is 3.15. The number of hydrogen-bond acceptors (Lipinski definition) is 2. The summed E-state index contributed by atoms with van der Waals surface area (Å²) >= 11 is 5.21. The van der Waals surface area contributed by atoms with Crippen LogP contribution in [0.2, 0.25) is 0 Å². The van der Waals surface area contributed by atoms with Crippen LogP contribution in [0.4, 0.5) is 0 Å². The maximum absolute atomic E-state index is 8.88. The average Bonchev–Trinajstić information content (AvgIpc) is 1.80. The standard InChI is InChI=1S/C4H7Cl.2H3O4P/c1-2-3-4-5;2*1-5(2,3)4/h2-3H,4H2,1H3;2*(H3,1,2,3,4). The molecule has 0 unspecified atom stereocenters. The normalized spacial score (nSPS) is 11.2. The average molecular weight is 287 g/mol. The molecule has 0 aromatic carbocycles. The molecule has 0 radical (unpaired) electrons. The van der Waals surface area contributed by atoms with Crippen LogP contribution >= 0.6 is 27.2 Å². The van der Waals surface area contributed by atoms with E-state index in [9.17, 15) is 0 Å². The third-order valence-corrected chi connectivity index (χ3v) is 0.503. The lowest BCUT2D eigenvalue weighted by Crippen LogP contribution is -1.66. The van der Waals surface area contributed by atoms with Crippen LogP contribution in [-0.2, 0) is 9.13 Å². The van der Waals surface area contributed by atoms with Crippen molar-refractivity contribution >= 4 is 27.2 Å². The number of rotatable bonds is 1. The molecule has 94 valence electrons. The summed E-state index contributed by atoms with van der Waals surface area (Å²) in [4.78, 5) is 43.1. The molecule has 0 atom stereocenters. The van der Waals surface area contributed by atoms with E-state index in [2.05, 4.69) is 0 Å². The third kappa shape index (κ3) is 422. The zero-order valence-electron chi connectivity index (χ0n) is 7.63. The summed E-state index contributed by atoms with van der Waals surface area (Å²) in [6, 6.07) is 0. The van der Waals surface area contributed by atoms with Crippen molar-refractivity contribution in [2.24, 2.45) is 0 Å². The monoisotopic (exact) mass is 286 g/mol. The maximum Gasteiger partial charge on any atom is 0.466 e. The van der Waals surface area contributed by atoms with Gasteiger partial charge in [-0.2, -0.15) is 0 Å². The summed E-state index contributed by atoms with van der Waals surface area (Å²) < 4.78 is 17.8. The van der Waals surface area contributed by atoms with Gasteiger partial charge in [-0.25, -0.2) is 9.13 Å². The van der Waals surface area contributed by atoms with Gasteiger partial charge in [0.2, 0.25) is 0 Å². The van der Waals surface area contributed by atoms with Crippen molar-refractivity contribution in [2.45, 2.75) is 6.92 Å². The molecule has 0 aliphatic heterocycles. The SMILES string of the molecule is CC=CCCl.O=P(O)(O)O.O=P(O)(O)O. The summed E-state index contributed by atoms with van der Waals surface area (Å²) in [5.74, 6) is 0.635. The molecule has 0 aliphatic rings. The molecule has 0 amide bonds. The lowest BCUT2D eigenvalue weighted by Gasteiger charge is -1.82. The zero-order chi connectivity index (χ0) is 13.1. The number of allylic oxidation sites excluding steroid dienone is 2. The Hall–Kier alpha value is 0.250. The molecule has 8 nitrogen and oxygen atoms in total. The Morgan fingerprint density at radius 3 is 1.20 bits per heavy atom. The highest BCUT2D eigenvalue weighted by Crippen LogP contribution is 2.26. The van der Waals surface area contributed by atoms with Crippen LogP contribution in [0.1, 0.15) is 6.92 Å². The van der Waals surface area contributed by atoms with Crippen molar-refractivity contribution in [1.29, 1.82) is 0 Å². The van der Waals surface area contributed by atoms with Gasteiger partial charge in [-0.05, 0) is 6.92 Å². The van der Waals surface area contributed by atoms with E-state index in [4.69, 9.17) is 50.1 Å². The topological polar surface area (TPSA) is 156 Å². The fraction of sp³-hybridized carbons (Fsp3) is 0.500.